The molecule has 1 fully saturated rings. The van der Waals surface area contributed by atoms with Crippen molar-refractivity contribution in [1.82, 2.24) is 10.4 Å². The number of hydrogen-bond acceptors (Lipinski definition) is 1. The molecule has 1 aliphatic carbocycles. The normalized spacial score (nSPS) is 20.2. The van der Waals surface area contributed by atoms with Crippen LogP contribution in [-0.2, 0) is 0 Å². The van der Waals surface area contributed by atoms with Gasteiger partial charge in [-0.25, -0.2) is 5.01 Å². The van der Waals surface area contributed by atoms with E-state index in [0.717, 1.165) is 12.5 Å². The third-order valence-electron chi connectivity index (χ3n) is 2.84. The van der Waals surface area contributed by atoms with Crippen molar-refractivity contribution < 1.29 is 0 Å². The van der Waals surface area contributed by atoms with Gasteiger partial charge in [0.05, 0.1) is 0 Å². The molecule has 0 aromatic rings. The average molecular weight is 169 g/mol. The van der Waals surface area contributed by atoms with Crippen molar-refractivity contribution in [2.75, 3.05) is 20.1 Å². The fraction of sp³-hybridized carbons (Fsp3) is 1.00. The zero-order valence-electron chi connectivity index (χ0n) is 8.42. The summed E-state index contributed by atoms with van der Waals surface area (Å²) in [6, 6.07) is 0. The van der Waals surface area contributed by atoms with Crippen molar-refractivity contribution >= 4 is 0 Å². The molecule has 2 nitrogen and oxygen atoms in total. The molecular formula is C10H21N2. The molecule has 0 N–H and O–H groups in total. The number of rotatable bonds is 4. The molecule has 0 bridgehead atoms. The molecule has 0 aliphatic heterocycles. The second-order valence-corrected chi connectivity index (χ2v) is 3.71. The quantitative estimate of drug-likeness (QED) is 0.589. The minimum atomic E-state index is 0.919. The summed E-state index contributed by atoms with van der Waals surface area (Å²) in [5.41, 5.74) is 4.23. The zero-order chi connectivity index (χ0) is 8.81. The Morgan fingerprint density at radius 1 is 1.25 bits per heavy atom. The molecule has 0 unspecified atom stereocenters. The van der Waals surface area contributed by atoms with Gasteiger partial charge in [-0.2, -0.15) is 5.43 Å². The fourth-order valence-electron chi connectivity index (χ4n) is 2.02. The zero-order valence-corrected chi connectivity index (χ0v) is 8.42. The lowest BCUT2D eigenvalue weighted by molar-refractivity contribution is 0.156. The highest BCUT2D eigenvalue weighted by molar-refractivity contribution is 4.67. The monoisotopic (exact) mass is 169 g/mol. The van der Waals surface area contributed by atoms with Gasteiger partial charge in [0.25, 0.3) is 0 Å². The second-order valence-electron chi connectivity index (χ2n) is 3.71. The Labute approximate surface area is 76.3 Å². The molecule has 0 amide bonds. The van der Waals surface area contributed by atoms with Crippen LogP contribution in [0.2, 0.25) is 0 Å². The van der Waals surface area contributed by atoms with E-state index in [2.05, 4.69) is 17.4 Å². The van der Waals surface area contributed by atoms with Crippen molar-refractivity contribution in [2.45, 2.75) is 39.0 Å². The summed E-state index contributed by atoms with van der Waals surface area (Å²) in [7, 11) is 1.90. The van der Waals surface area contributed by atoms with Gasteiger partial charge in [-0.1, -0.05) is 26.2 Å². The highest BCUT2D eigenvalue weighted by atomic mass is 15.5. The van der Waals surface area contributed by atoms with E-state index < -0.39 is 0 Å². The molecule has 71 valence electrons. The predicted octanol–water partition coefficient (Wildman–Crippen LogP) is 2.04. The molecule has 0 aromatic heterocycles. The highest BCUT2D eigenvalue weighted by Crippen LogP contribution is 2.23. The van der Waals surface area contributed by atoms with E-state index in [1.807, 2.05) is 7.05 Å². The molecule has 1 radical (unpaired) electrons. The first-order valence-electron chi connectivity index (χ1n) is 5.21. The van der Waals surface area contributed by atoms with Gasteiger partial charge in [-0.15, -0.1) is 0 Å². The van der Waals surface area contributed by atoms with Crippen LogP contribution in [0, 0.1) is 5.92 Å². The lowest BCUT2D eigenvalue weighted by Crippen LogP contribution is -2.34. The SMILES string of the molecule is CCN(CC1CCCCC1)[N]C. The Hall–Kier alpha value is -0.0800. The van der Waals surface area contributed by atoms with Crippen molar-refractivity contribution in [3.05, 3.63) is 0 Å². The molecule has 0 heterocycles. The molecule has 2 heteroatoms. The Kier molecular flexibility index (Phi) is 4.62. The van der Waals surface area contributed by atoms with Crippen molar-refractivity contribution in [3.8, 4) is 0 Å². The molecule has 12 heavy (non-hydrogen) atoms. The first kappa shape index (κ1) is 10.0. The maximum Gasteiger partial charge on any atom is 0.0193 e. The van der Waals surface area contributed by atoms with Crippen molar-refractivity contribution in [1.29, 1.82) is 0 Å². The van der Waals surface area contributed by atoms with Crippen LogP contribution < -0.4 is 5.43 Å². The summed E-state index contributed by atoms with van der Waals surface area (Å²) < 4.78 is 0. The Balaban J connectivity index is 2.18. The van der Waals surface area contributed by atoms with E-state index in [4.69, 9.17) is 0 Å². The molecule has 0 spiro atoms. The third-order valence-corrected chi connectivity index (χ3v) is 2.84. The summed E-state index contributed by atoms with van der Waals surface area (Å²) in [5.74, 6) is 0.919. The van der Waals surface area contributed by atoms with E-state index in [1.165, 1.54) is 38.6 Å². The first-order valence-corrected chi connectivity index (χ1v) is 5.21. The smallest absolute Gasteiger partial charge is 0.0193 e. The first-order chi connectivity index (χ1) is 5.86. The molecule has 0 saturated heterocycles. The van der Waals surface area contributed by atoms with Gasteiger partial charge in [0, 0.05) is 20.1 Å². The predicted molar refractivity (Wildman–Crippen MR) is 51.9 cm³/mol. The van der Waals surface area contributed by atoms with Gasteiger partial charge in [-0.3, -0.25) is 0 Å². The van der Waals surface area contributed by atoms with Gasteiger partial charge >= 0.3 is 0 Å². The van der Waals surface area contributed by atoms with E-state index >= 15 is 0 Å². The van der Waals surface area contributed by atoms with Crippen LogP contribution in [0.15, 0.2) is 0 Å². The average Bonchev–Trinajstić information content (AvgIpc) is 2.16. The minimum Gasteiger partial charge on any atom is -0.227 e. The Bertz CT molecular complexity index is 104. The number of hydrogen-bond donors (Lipinski definition) is 0. The molecule has 1 saturated carbocycles. The van der Waals surface area contributed by atoms with Crippen molar-refractivity contribution in [3.63, 3.8) is 0 Å². The largest absolute Gasteiger partial charge is 0.227 e. The molecule has 0 aromatic carbocycles. The van der Waals surface area contributed by atoms with Gasteiger partial charge in [-0.05, 0) is 18.8 Å². The van der Waals surface area contributed by atoms with Crippen LogP contribution in [0.1, 0.15) is 39.0 Å². The van der Waals surface area contributed by atoms with E-state index in [-0.39, 0.29) is 0 Å². The lowest BCUT2D eigenvalue weighted by Gasteiger charge is -2.26. The Morgan fingerprint density at radius 2 is 1.92 bits per heavy atom. The minimum absolute atomic E-state index is 0.919. The maximum absolute atomic E-state index is 4.23. The highest BCUT2D eigenvalue weighted by Gasteiger charge is 2.15. The topological polar surface area (TPSA) is 17.3 Å². The lowest BCUT2D eigenvalue weighted by atomic mass is 9.89. The summed E-state index contributed by atoms with van der Waals surface area (Å²) in [5, 5.41) is 2.19. The van der Waals surface area contributed by atoms with Gasteiger partial charge in [0.15, 0.2) is 0 Å². The summed E-state index contributed by atoms with van der Waals surface area (Å²) in [6.45, 7) is 4.43. The van der Waals surface area contributed by atoms with Crippen LogP contribution in [0.5, 0.6) is 0 Å². The van der Waals surface area contributed by atoms with E-state index in [0.29, 0.717) is 0 Å². The van der Waals surface area contributed by atoms with Gasteiger partial charge < -0.3 is 0 Å². The summed E-state index contributed by atoms with van der Waals surface area (Å²) in [6.07, 6.45) is 7.17. The maximum atomic E-state index is 4.23. The second kappa shape index (κ2) is 5.55. The number of nitrogens with zero attached hydrogens (tertiary/aromatic N) is 2. The standard InChI is InChI=1S/C10H21N2/c1-3-12(11-2)9-10-7-5-4-6-8-10/h10H,3-9H2,1-2H3. The fourth-order valence-corrected chi connectivity index (χ4v) is 2.02. The third kappa shape index (κ3) is 3.11. The van der Waals surface area contributed by atoms with Crippen molar-refractivity contribution in [2.24, 2.45) is 5.92 Å². The van der Waals surface area contributed by atoms with Crippen LogP contribution in [0.25, 0.3) is 0 Å². The van der Waals surface area contributed by atoms with E-state index in [9.17, 15) is 0 Å². The van der Waals surface area contributed by atoms with Gasteiger partial charge in [0.2, 0.25) is 0 Å². The molecule has 1 rings (SSSR count). The van der Waals surface area contributed by atoms with Crippen LogP contribution in [0.4, 0.5) is 0 Å². The molecule has 1 aliphatic rings. The van der Waals surface area contributed by atoms with E-state index in [1.54, 1.807) is 0 Å². The Morgan fingerprint density at radius 3 is 2.42 bits per heavy atom. The molecule has 0 atom stereocenters. The molecular weight excluding hydrogens is 148 g/mol. The summed E-state index contributed by atoms with van der Waals surface area (Å²) in [4.78, 5) is 0. The van der Waals surface area contributed by atoms with Gasteiger partial charge in [0.1, 0.15) is 0 Å². The summed E-state index contributed by atoms with van der Waals surface area (Å²) >= 11 is 0. The van der Waals surface area contributed by atoms with Crippen LogP contribution in [0.3, 0.4) is 0 Å². The van der Waals surface area contributed by atoms with Crippen LogP contribution in [-0.4, -0.2) is 25.1 Å². The van der Waals surface area contributed by atoms with Crippen LogP contribution >= 0.6 is 0 Å².